The number of ether oxygens (including phenoxy) is 2. The first-order valence-corrected chi connectivity index (χ1v) is 8.69. The van der Waals surface area contributed by atoms with Crippen molar-refractivity contribution in [1.82, 2.24) is 4.90 Å². The van der Waals surface area contributed by atoms with Gasteiger partial charge in [0.15, 0.2) is 6.61 Å². The molecule has 0 saturated carbocycles. The summed E-state index contributed by atoms with van der Waals surface area (Å²) in [6.07, 6.45) is -0.245. The Morgan fingerprint density at radius 2 is 1.88 bits per heavy atom. The number of carbonyl (C=O) groups excluding carboxylic acids is 1. The number of nitrogens with zero attached hydrogens (tertiary/aromatic N) is 1. The second-order valence-electron chi connectivity index (χ2n) is 5.85. The molecule has 2 aromatic rings. The molecule has 134 valence electrons. The Hall–Kier alpha value is -1.75. The Bertz CT molecular complexity index is 694. The minimum absolute atomic E-state index is 0.200. The minimum Gasteiger partial charge on any atom is -0.480 e. The molecule has 0 aliphatic rings. The van der Waals surface area contributed by atoms with Gasteiger partial charge in [-0.25, -0.2) is 4.79 Å². The second-order valence-corrected chi connectivity index (χ2v) is 6.69. The molecule has 0 radical (unpaired) electrons. The van der Waals surface area contributed by atoms with Crippen LogP contribution in [0.1, 0.15) is 12.5 Å². The summed E-state index contributed by atoms with van der Waals surface area (Å²) in [5.74, 6) is -0.0384. The first kappa shape index (κ1) is 19.6. The highest BCUT2D eigenvalue weighted by Crippen LogP contribution is 2.27. The van der Waals surface area contributed by atoms with Crippen molar-refractivity contribution in [3.63, 3.8) is 0 Å². The van der Waals surface area contributed by atoms with Gasteiger partial charge in [-0.3, -0.25) is 4.90 Å². The molecule has 25 heavy (non-hydrogen) atoms. The highest BCUT2D eigenvalue weighted by molar-refractivity contribution is 6.35. The smallest absolute Gasteiger partial charge is 0.344 e. The number of esters is 1. The predicted octanol–water partition coefficient (Wildman–Crippen LogP) is 4.44. The van der Waals surface area contributed by atoms with Crippen molar-refractivity contribution >= 4 is 29.2 Å². The van der Waals surface area contributed by atoms with Gasteiger partial charge in [0.2, 0.25) is 0 Å². The number of benzene rings is 2. The number of likely N-dealkylation sites (N-methyl/N-ethyl adjacent to an activating group) is 1. The maximum absolute atomic E-state index is 11.9. The van der Waals surface area contributed by atoms with Crippen LogP contribution in [0.2, 0.25) is 10.0 Å². The lowest BCUT2D eigenvalue weighted by Crippen LogP contribution is -2.31. The van der Waals surface area contributed by atoms with Crippen molar-refractivity contribution < 1.29 is 14.3 Å². The zero-order valence-corrected chi connectivity index (χ0v) is 15.8. The van der Waals surface area contributed by atoms with Crippen molar-refractivity contribution in [2.75, 3.05) is 20.2 Å². The van der Waals surface area contributed by atoms with E-state index >= 15 is 0 Å². The van der Waals surface area contributed by atoms with Gasteiger partial charge >= 0.3 is 5.97 Å². The van der Waals surface area contributed by atoms with Gasteiger partial charge in [0, 0.05) is 18.1 Å². The Morgan fingerprint density at radius 3 is 2.56 bits per heavy atom. The van der Waals surface area contributed by atoms with E-state index in [4.69, 9.17) is 32.7 Å². The third kappa shape index (κ3) is 6.94. The normalized spacial score (nSPS) is 12.0. The third-order valence-electron chi connectivity index (χ3n) is 3.44. The first-order chi connectivity index (χ1) is 11.9. The summed E-state index contributed by atoms with van der Waals surface area (Å²) in [7, 11) is 1.99. The molecule has 2 aromatic carbocycles. The number of halogens is 2. The molecule has 2 rings (SSSR count). The molecule has 1 unspecified atom stereocenters. The maximum atomic E-state index is 11.9. The van der Waals surface area contributed by atoms with Gasteiger partial charge in [0.05, 0.1) is 5.02 Å². The fourth-order valence-electron chi connectivity index (χ4n) is 2.42. The van der Waals surface area contributed by atoms with Crippen LogP contribution in [0.5, 0.6) is 5.75 Å². The molecule has 0 aliphatic heterocycles. The van der Waals surface area contributed by atoms with Crippen LogP contribution in [-0.2, 0) is 16.1 Å². The quantitative estimate of drug-likeness (QED) is 0.633. The Kier molecular flexibility index (Phi) is 7.56. The summed E-state index contributed by atoms with van der Waals surface area (Å²) in [4.78, 5) is 14.0. The average Bonchev–Trinajstić information content (AvgIpc) is 2.54. The molecule has 0 heterocycles. The number of carbonyl (C=O) groups is 1. The zero-order chi connectivity index (χ0) is 18.2. The summed E-state index contributed by atoms with van der Waals surface area (Å²) in [6, 6.07) is 15.0. The molecular weight excluding hydrogens is 361 g/mol. The second kappa shape index (κ2) is 9.66. The average molecular weight is 382 g/mol. The van der Waals surface area contributed by atoms with Gasteiger partial charge in [-0.15, -0.1) is 0 Å². The van der Waals surface area contributed by atoms with Crippen LogP contribution in [0.15, 0.2) is 48.5 Å². The molecule has 6 heteroatoms. The van der Waals surface area contributed by atoms with E-state index in [0.29, 0.717) is 22.3 Å². The molecule has 0 amide bonds. The van der Waals surface area contributed by atoms with Crippen LogP contribution >= 0.6 is 23.2 Å². The van der Waals surface area contributed by atoms with Crippen LogP contribution in [0.4, 0.5) is 0 Å². The van der Waals surface area contributed by atoms with Gasteiger partial charge in [0.25, 0.3) is 0 Å². The summed E-state index contributed by atoms with van der Waals surface area (Å²) in [5.41, 5.74) is 1.21. The summed E-state index contributed by atoms with van der Waals surface area (Å²) < 4.78 is 10.7. The first-order valence-electron chi connectivity index (χ1n) is 7.94. The van der Waals surface area contributed by atoms with E-state index in [9.17, 15) is 4.79 Å². The Morgan fingerprint density at radius 1 is 1.16 bits per heavy atom. The van der Waals surface area contributed by atoms with E-state index in [0.717, 1.165) is 6.54 Å². The fourth-order valence-corrected chi connectivity index (χ4v) is 2.89. The van der Waals surface area contributed by atoms with E-state index in [2.05, 4.69) is 17.0 Å². The molecule has 0 N–H and O–H groups in total. The van der Waals surface area contributed by atoms with E-state index in [-0.39, 0.29) is 12.7 Å². The molecular formula is C19H21Cl2NO3. The summed E-state index contributed by atoms with van der Waals surface area (Å²) in [5, 5.41) is 0.867. The van der Waals surface area contributed by atoms with Crippen molar-refractivity contribution in [2.45, 2.75) is 19.6 Å². The molecule has 0 spiro atoms. The monoisotopic (exact) mass is 381 g/mol. The topological polar surface area (TPSA) is 38.8 Å². The predicted molar refractivity (Wildman–Crippen MR) is 100 cm³/mol. The Labute approximate surface area is 158 Å². The molecule has 0 aromatic heterocycles. The largest absolute Gasteiger partial charge is 0.480 e. The van der Waals surface area contributed by atoms with Gasteiger partial charge in [-0.1, -0.05) is 53.5 Å². The van der Waals surface area contributed by atoms with Crippen LogP contribution in [0.25, 0.3) is 0 Å². The van der Waals surface area contributed by atoms with Crippen LogP contribution in [-0.4, -0.2) is 37.2 Å². The third-order valence-corrected chi connectivity index (χ3v) is 3.97. The van der Waals surface area contributed by atoms with Crippen molar-refractivity contribution in [3.05, 3.63) is 64.1 Å². The van der Waals surface area contributed by atoms with Gasteiger partial charge in [0.1, 0.15) is 11.9 Å². The van der Waals surface area contributed by atoms with Crippen molar-refractivity contribution in [3.8, 4) is 5.75 Å². The number of hydrogen-bond acceptors (Lipinski definition) is 4. The van der Waals surface area contributed by atoms with E-state index in [1.54, 1.807) is 18.2 Å². The molecule has 0 bridgehead atoms. The van der Waals surface area contributed by atoms with Crippen LogP contribution in [0, 0.1) is 0 Å². The minimum atomic E-state index is -0.438. The molecule has 1 atom stereocenters. The van der Waals surface area contributed by atoms with E-state index < -0.39 is 5.97 Å². The zero-order valence-electron chi connectivity index (χ0n) is 14.2. The summed E-state index contributed by atoms with van der Waals surface area (Å²) >= 11 is 11.8. The number of hydrogen-bond donors (Lipinski definition) is 0. The molecule has 4 nitrogen and oxygen atoms in total. The molecule has 0 fully saturated rings. The van der Waals surface area contributed by atoms with E-state index in [1.165, 1.54) is 5.56 Å². The Balaban J connectivity index is 1.74. The van der Waals surface area contributed by atoms with Crippen molar-refractivity contribution in [2.24, 2.45) is 0 Å². The lowest BCUT2D eigenvalue weighted by Gasteiger charge is -2.21. The van der Waals surface area contributed by atoms with Gasteiger partial charge in [-0.05, 0) is 37.7 Å². The highest BCUT2D eigenvalue weighted by atomic mass is 35.5. The SMILES string of the molecule is CC(CN(C)Cc1ccccc1)OC(=O)COc1ccc(Cl)cc1Cl. The molecule has 0 aliphatic carbocycles. The molecule has 0 saturated heterocycles. The van der Waals surface area contributed by atoms with Gasteiger partial charge in [-0.2, -0.15) is 0 Å². The lowest BCUT2D eigenvalue weighted by molar-refractivity contribution is -0.151. The standard InChI is InChI=1S/C19H21Cl2NO3/c1-14(11-22(2)12-15-6-4-3-5-7-15)25-19(23)13-24-18-9-8-16(20)10-17(18)21/h3-10,14H,11-13H2,1-2H3. The van der Waals surface area contributed by atoms with Crippen LogP contribution in [0.3, 0.4) is 0 Å². The van der Waals surface area contributed by atoms with Crippen LogP contribution < -0.4 is 4.74 Å². The summed E-state index contributed by atoms with van der Waals surface area (Å²) in [6.45, 7) is 3.07. The van der Waals surface area contributed by atoms with Crippen molar-refractivity contribution in [1.29, 1.82) is 0 Å². The maximum Gasteiger partial charge on any atom is 0.344 e. The fraction of sp³-hybridized carbons (Fsp3) is 0.316. The van der Waals surface area contributed by atoms with Gasteiger partial charge < -0.3 is 9.47 Å². The highest BCUT2D eigenvalue weighted by Gasteiger charge is 2.13. The number of rotatable bonds is 8. The lowest BCUT2D eigenvalue weighted by atomic mass is 10.2. The van der Waals surface area contributed by atoms with E-state index in [1.807, 2.05) is 32.2 Å².